The Bertz CT molecular complexity index is 894. The van der Waals surface area contributed by atoms with Gasteiger partial charge in [-0.3, -0.25) is 4.40 Å². The fraction of sp³-hybridized carbons (Fsp3) is 0.550. The molecule has 118 valence electrons. The zero-order valence-corrected chi connectivity index (χ0v) is 13.7. The van der Waals surface area contributed by atoms with E-state index in [0.717, 1.165) is 23.5 Å². The van der Waals surface area contributed by atoms with Crippen LogP contribution in [0.3, 0.4) is 0 Å². The average molecular weight is 305 g/mol. The van der Waals surface area contributed by atoms with E-state index in [1.807, 2.05) is 0 Å². The maximum absolute atomic E-state index is 5.17. The summed E-state index contributed by atoms with van der Waals surface area (Å²) in [6.07, 6.45) is 11.0. The van der Waals surface area contributed by atoms with E-state index in [1.54, 1.807) is 0 Å². The lowest BCUT2D eigenvalue weighted by molar-refractivity contribution is -0.00698. The molecule has 3 nitrogen and oxygen atoms in total. The van der Waals surface area contributed by atoms with Crippen LogP contribution in [-0.2, 0) is 12.5 Å². The Hall–Kier alpha value is -1.77. The summed E-state index contributed by atoms with van der Waals surface area (Å²) in [7, 11) is 2.15. The number of fused-ring (bicyclic) bond motifs is 3. The lowest BCUT2D eigenvalue weighted by Gasteiger charge is -2.56. The van der Waals surface area contributed by atoms with Crippen LogP contribution in [0.2, 0.25) is 0 Å². The van der Waals surface area contributed by atoms with E-state index in [1.165, 1.54) is 55.3 Å². The lowest BCUT2D eigenvalue weighted by Crippen LogP contribution is -2.48. The molecule has 7 rings (SSSR count). The summed E-state index contributed by atoms with van der Waals surface area (Å²) < 4.78 is 4.57. The molecule has 4 saturated carbocycles. The molecule has 0 saturated heterocycles. The van der Waals surface area contributed by atoms with Crippen LogP contribution in [0, 0.1) is 17.8 Å². The molecule has 0 spiro atoms. The Labute approximate surface area is 136 Å². The standard InChI is InChI=1S/C20H23N3/c1-22-16-4-2-3-5-17(16)23-12-18(21-19(22)23)20-9-13-6-14(10-20)8-15(7-13)11-20/h2-5,12-15H,6-11H2,1H3. The maximum Gasteiger partial charge on any atom is 0.214 e. The van der Waals surface area contributed by atoms with Gasteiger partial charge in [0.2, 0.25) is 5.78 Å². The SMILES string of the molecule is Cn1c2ccccc2n2cc(C34CC5CC(CC(C5)C3)C4)nc12. The number of rotatable bonds is 1. The first-order valence-corrected chi connectivity index (χ1v) is 9.15. The van der Waals surface area contributed by atoms with Crippen molar-refractivity contribution in [2.75, 3.05) is 0 Å². The van der Waals surface area contributed by atoms with Crippen molar-refractivity contribution >= 4 is 16.8 Å². The third kappa shape index (κ3) is 1.53. The highest BCUT2D eigenvalue weighted by atomic mass is 15.2. The topological polar surface area (TPSA) is 22.2 Å². The van der Waals surface area contributed by atoms with Crippen molar-refractivity contribution in [3.63, 3.8) is 0 Å². The second kappa shape index (κ2) is 4.00. The van der Waals surface area contributed by atoms with Crippen molar-refractivity contribution < 1.29 is 0 Å². The Morgan fingerprint density at radius 1 is 0.957 bits per heavy atom. The number of benzene rings is 1. The van der Waals surface area contributed by atoms with Crippen LogP contribution in [0.5, 0.6) is 0 Å². The van der Waals surface area contributed by atoms with Crippen LogP contribution in [-0.4, -0.2) is 14.0 Å². The van der Waals surface area contributed by atoms with E-state index in [9.17, 15) is 0 Å². The highest BCUT2D eigenvalue weighted by Gasteiger charge is 2.52. The van der Waals surface area contributed by atoms with Gasteiger partial charge in [-0.15, -0.1) is 0 Å². The van der Waals surface area contributed by atoms with Gasteiger partial charge in [0.05, 0.1) is 16.7 Å². The third-order valence-corrected chi connectivity index (χ3v) is 7.07. The highest BCUT2D eigenvalue weighted by Crippen LogP contribution is 2.60. The molecule has 4 aliphatic rings. The molecule has 23 heavy (non-hydrogen) atoms. The highest BCUT2D eigenvalue weighted by molar-refractivity contribution is 5.80. The Balaban J connectivity index is 1.56. The van der Waals surface area contributed by atoms with Crippen molar-refractivity contribution in [1.82, 2.24) is 14.0 Å². The van der Waals surface area contributed by atoms with Gasteiger partial charge in [-0.05, 0) is 68.4 Å². The molecule has 4 fully saturated rings. The van der Waals surface area contributed by atoms with Gasteiger partial charge < -0.3 is 4.57 Å². The van der Waals surface area contributed by atoms with Crippen LogP contribution >= 0.6 is 0 Å². The average Bonchev–Trinajstić information content (AvgIpc) is 3.08. The van der Waals surface area contributed by atoms with Crippen molar-refractivity contribution in [3.05, 3.63) is 36.2 Å². The fourth-order valence-electron chi connectivity index (χ4n) is 6.52. The summed E-state index contributed by atoms with van der Waals surface area (Å²) in [5.41, 5.74) is 4.33. The first-order chi connectivity index (χ1) is 11.2. The molecule has 0 unspecified atom stereocenters. The minimum absolute atomic E-state index is 0.391. The molecule has 3 heteroatoms. The van der Waals surface area contributed by atoms with Crippen molar-refractivity contribution in [2.24, 2.45) is 24.8 Å². The predicted octanol–water partition coefficient (Wildman–Crippen LogP) is 4.29. The summed E-state index contributed by atoms with van der Waals surface area (Å²) in [5, 5.41) is 0. The number of aryl methyl sites for hydroxylation is 1. The van der Waals surface area contributed by atoms with Crippen molar-refractivity contribution in [2.45, 2.75) is 43.9 Å². The van der Waals surface area contributed by atoms with Crippen LogP contribution in [0.1, 0.15) is 44.2 Å². The zero-order valence-electron chi connectivity index (χ0n) is 13.7. The van der Waals surface area contributed by atoms with Crippen LogP contribution < -0.4 is 0 Å². The molecule has 0 atom stereocenters. The van der Waals surface area contributed by atoms with Gasteiger partial charge in [-0.25, -0.2) is 4.98 Å². The molecule has 4 bridgehead atoms. The molecule has 0 amide bonds. The predicted molar refractivity (Wildman–Crippen MR) is 91.5 cm³/mol. The lowest BCUT2D eigenvalue weighted by atomic mass is 9.49. The molecule has 0 aliphatic heterocycles. The first kappa shape index (κ1) is 12.6. The molecule has 0 radical (unpaired) electrons. The molecule has 2 heterocycles. The Morgan fingerprint density at radius 2 is 1.57 bits per heavy atom. The number of imidazole rings is 2. The smallest absolute Gasteiger partial charge is 0.214 e. The number of hydrogen-bond acceptors (Lipinski definition) is 1. The maximum atomic E-state index is 5.17. The normalized spacial score (nSPS) is 35.6. The van der Waals surface area contributed by atoms with E-state index >= 15 is 0 Å². The molecular formula is C20H23N3. The molecular weight excluding hydrogens is 282 g/mol. The second-order valence-corrected chi connectivity index (χ2v) is 8.54. The molecule has 1 aromatic carbocycles. The van der Waals surface area contributed by atoms with Crippen molar-refractivity contribution in [3.8, 4) is 0 Å². The van der Waals surface area contributed by atoms with E-state index in [0.29, 0.717) is 5.41 Å². The van der Waals surface area contributed by atoms with Gasteiger partial charge >= 0.3 is 0 Å². The summed E-state index contributed by atoms with van der Waals surface area (Å²) in [6, 6.07) is 8.65. The minimum atomic E-state index is 0.391. The van der Waals surface area contributed by atoms with E-state index in [4.69, 9.17) is 4.98 Å². The third-order valence-electron chi connectivity index (χ3n) is 7.07. The first-order valence-electron chi connectivity index (χ1n) is 9.15. The number of hydrogen-bond donors (Lipinski definition) is 0. The molecule has 0 N–H and O–H groups in total. The van der Waals surface area contributed by atoms with Gasteiger partial charge in [-0.2, -0.15) is 0 Å². The van der Waals surface area contributed by atoms with E-state index in [-0.39, 0.29) is 0 Å². The quantitative estimate of drug-likeness (QED) is 0.657. The van der Waals surface area contributed by atoms with Crippen LogP contribution in [0.4, 0.5) is 0 Å². The van der Waals surface area contributed by atoms with Gasteiger partial charge in [0, 0.05) is 18.7 Å². The minimum Gasteiger partial charge on any atom is -0.313 e. The Kier molecular flexibility index (Phi) is 2.20. The van der Waals surface area contributed by atoms with Gasteiger partial charge in [-0.1, -0.05) is 12.1 Å². The summed E-state index contributed by atoms with van der Waals surface area (Å²) >= 11 is 0. The number of aromatic nitrogens is 3. The molecule has 2 aromatic heterocycles. The summed E-state index contributed by atoms with van der Waals surface area (Å²) in [6.45, 7) is 0. The monoisotopic (exact) mass is 305 g/mol. The van der Waals surface area contributed by atoms with Gasteiger partial charge in [0.25, 0.3) is 0 Å². The Morgan fingerprint density at radius 3 is 2.22 bits per heavy atom. The molecule has 3 aromatic rings. The van der Waals surface area contributed by atoms with Crippen LogP contribution in [0.25, 0.3) is 16.8 Å². The zero-order chi connectivity index (χ0) is 15.2. The summed E-state index contributed by atoms with van der Waals surface area (Å²) in [5.74, 6) is 4.03. The second-order valence-electron chi connectivity index (χ2n) is 8.54. The van der Waals surface area contributed by atoms with E-state index < -0.39 is 0 Å². The van der Waals surface area contributed by atoms with Gasteiger partial charge in [0.15, 0.2) is 0 Å². The fourth-order valence-corrected chi connectivity index (χ4v) is 6.52. The van der Waals surface area contributed by atoms with Crippen molar-refractivity contribution in [1.29, 1.82) is 0 Å². The van der Waals surface area contributed by atoms with E-state index in [2.05, 4.69) is 46.5 Å². The molecule has 4 aliphatic carbocycles. The van der Waals surface area contributed by atoms with Gasteiger partial charge in [0.1, 0.15) is 0 Å². The van der Waals surface area contributed by atoms with Crippen LogP contribution in [0.15, 0.2) is 30.5 Å². The summed E-state index contributed by atoms with van der Waals surface area (Å²) in [4.78, 5) is 5.17. The number of para-hydroxylation sites is 2. The largest absolute Gasteiger partial charge is 0.313 e. The number of nitrogens with zero attached hydrogens (tertiary/aromatic N) is 3.